The topological polar surface area (TPSA) is 38.3 Å². The van der Waals surface area contributed by atoms with E-state index in [4.69, 9.17) is 16.3 Å². The molecule has 1 N–H and O–H groups in total. The van der Waals surface area contributed by atoms with Gasteiger partial charge in [0.1, 0.15) is 5.75 Å². The van der Waals surface area contributed by atoms with E-state index < -0.39 is 0 Å². The summed E-state index contributed by atoms with van der Waals surface area (Å²) >= 11 is 9.37. The molecule has 0 heterocycles. The molecule has 0 aliphatic heterocycles. The molecule has 5 heteroatoms. The molecular formula is C16H15BrClNO2. The quantitative estimate of drug-likeness (QED) is 0.856. The van der Waals surface area contributed by atoms with Crippen LogP contribution in [0.5, 0.6) is 5.75 Å². The fourth-order valence-corrected chi connectivity index (χ4v) is 2.69. The fraction of sp³-hybridized carbons (Fsp3) is 0.188. The number of hydrogen-bond donors (Lipinski definition) is 1. The molecule has 21 heavy (non-hydrogen) atoms. The Balaban J connectivity index is 2.13. The van der Waals surface area contributed by atoms with Crippen LogP contribution in [0.1, 0.15) is 11.1 Å². The zero-order valence-electron chi connectivity index (χ0n) is 11.7. The maximum absolute atomic E-state index is 12.2. The van der Waals surface area contributed by atoms with E-state index in [2.05, 4.69) is 21.2 Å². The second-order valence-corrected chi connectivity index (χ2v) is 5.99. The van der Waals surface area contributed by atoms with Crippen molar-refractivity contribution in [2.24, 2.45) is 0 Å². The lowest BCUT2D eigenvalue weighted by Gasteiger charge is -2.11. The van der Waals surface area contributed by atoms with Gasteiger partial charge in [0.15, 0.2) is 0 Å². The summed E-state index contributed by atoms with van der Waals surface area (Å²) in [6, 6.07) is 11.0. The van der Waals surface area contributed by atoms with Crippen molar-refractivity contribution in [2.75, 3.05) is 12.4 Å². The number of halogens is 2. The Bertz CT molecular complexity index is 673. The van der Waals surface area contributed by atoms with Crippen molar-refractivity contribution < 1.29 is 9.53 Å². The van der Waals surface area contributed by atoms with E-state index in [1.165, 1.54) is 0 Å². The minimum absolute atomic E-state index is 0.110. The minimum atomic E-state index is -0.110. The van der Waals surface area contributed by atoms with Crippen LogP contribution in [-0.2, 0) is 11.2 Å². The highest BCUT2D eigenvalue weighted by Crippen LogP contribution is 2.24. The summed E-state index contributed by atoms with van der Waals surface area (Å²) < 4.78 is 6.23. The Hall–Kier alpha value is -1.52. The number of carbonyl (C=O) groups excluding carboxylic acids is 1. The van der Waals surface area contributed by atoms with Crippen LogP contribution in [0, 0.1) is 6.92 Å². The number of ether oxygens (including phenoxy) is 1. The first-order valence-electron chi connectivity index (χ1n) is 6.38. The van der Waals surface area contributed by atoms with Crippen molar-refractivity contribution >= 4 is 39.1 Å². The molecule has 0 aromatic heterocycles. The molecule has 0 radical (unpaired) electrons. The van der Waals surface area contributed by atoms with Gasteiger partial charge in [-0.2, -0.15) is 0 Å². The van der Waals surface area contributed by atoms with Crippen LogP contribution in [0.15, 0.2) is 40.9 Å². The highest BCUT2D eigenvalue weighted by Gasteiger charge is 2.11. The fourth-order valence-electron chi connectivity index (χ4n) is 2.02. The molecule has 3 nitrogen and oxygen atoms in total. The van der Waals surface area contributed by atoms with Gasteiger partial charge in [-0.15, -0.1) is 0 Å². The summed E-state index contributed by atoms with van der Waals surface area (Å²) in [4.78, 5) is 12.2. The van der Waals surface area contributed by atoms with Gasteiger partial charge in [0, 0.05) is 20.7 Å². The lowest BCUT2D eigenvalue weighted by molar-refractivity contribution is -0.115. The molecule has 0 unspecified atom stereocenters. The molecule has 0 bridgehead atoms. The summed E-state index contributed by atoms with van der Waals surface area (Å²) in [7, 11) is 1.57. The van der Waals surface area contributed by atoms with Crippen molar-refractivity contribution in [1.29, 1.82) is 0 Å². The molecule has 0 saturated heterocycles. The van der Waals surface area contributed by atoms with Gasteiger partial charge in [0.25, 0.3) is 0 Å². The molecule has 1 amide bonds. The van der Waals surface area contributed by atoms with E-state index in [0.29, 0.717) is 10.8 Å². The third kappa shape index (κ3) is 4.22. The van der Waals surface area contributed by atoms with E-state index in [0.717, 1.165) is 21.3 Å². The van der Waals surface area contributed by atoms with Gasteiger partial charge in [0.05, 0.1) is 13.5 Å². The molecule has 2 rings (SSSR count). The first-order chi connectivity index (χ1) is 9.99. The number of carbonyl (C=O) groups is 1. The maximum atomic E-state index is 12.2. The number of nitrogens with one attached hydrogen (secondary N) is 1. The highest BCUT2D eigenvalue weighted by molar-refractivity contribution is 9.10. The van der Waals surface area contributed by atoms with Crippen LogP contribution in [0.2, 0.25) is 5.02 Å². The number of aryl methyl sites for hydroxylation is 1. The Labute approximate surface area is 137 Å². The summed E-state index contributed by atoms with van der Waals surface area (Å²) in [5.74, 6) is 0.545. The number of benzene rings is 2. The number of anilines is 1. The Morgan fingerprint density at radius 1 is 1.29 bits per heavy atom. The molecule has 0 saturated carbocycles. The van der Waals surface area contributed by atoms with E-state index in [1.807, 2.05) is 25.1 Å². The van der Waals surface area contributed by atoms with Gasteiger partial charge in [-0.05, 0) is 48.9 Å². The predicted molar refractivity (Wildman–Crippen MR) is 89.2 cm³/mol. The predicted octanol–water partition coefficient (Wildman–Crippen LogP) is 4.60. The highest BCUT2D eigenvalue weighted by atomic mass is 79.9. The normalized spacial score (nSPS) is 10.3. The van der Waals surface area contributed by atoms with Crippen molar-refractivity contribution in [3.05, 3.63) is 57.0 Å². The van der Waals surface area contributed by atoms with Gasteiger partial charge < -0.3 is 10.1 Å². The first kappa shape index (κ1) is 15.9. The second kappa shape index (κ2) is 6.96. The number of hydrogen-bond acceptors (Lipinski definition) is 2. The Kier molecular flexibility index (Phi) is 5.26. The van der Waals surface area contributed by atoms with Crippen molar-refractivity contribution in [1.82, 2.24) is 0 Å². The average Bonchev–Trinajstić information content (AvgIpc) is 2.42. The molecular weight excluding hydrogens is 354 g/mol. The van der Waals surface area contributed by atoms with Crippen molar-refractivity contribution in [2.45, 2.75) is 13.3 Å². The molecule has 0 fully saturated rings. The summed E-state index contributed by atoms with van der Waals surface area (Å²) in [6.07, 6.45) is 0.208. The molecule has 0 spiro atoms. The summed E-state index contributed by atoms with van der Waals surface area (Å²) in [5.41, 5.74) is 2.55. The van der Waals surface area contributed by atoms with Crippen molar-refractivity contribution in [3.63, 3.8) is 0 Å². The molecule has 110 valence electrons. The standard InChI is InChI=1S/C16H15BrClNO2/c1-10-7-12(17)3-5-14(10)19-16(20)9-11-8-13(18)4-6-15(11)21-2/h3-8H,9H2,1-2H3,(H,19,20). The van der Waals surface area contributed by atoms with Crippen LogP contribution in [0.25, 0.3) is 0 Å². The first-order valence-corrected chi connectivity index (χ1v) is 7.55. The van der Waals surface area contributed by atoms with Gasteiger partial charge in [0.2, 0.25) is 5.91 Å². The number of methoxy groups -OCH3 is 1. The van der Waals surface area contributed by atoms with Crippen LogP contribution in [0.3, 0.4) is 0 Å². The molecule has 2 aromatic carbocycles. The van der Waals surface area contributed by atoms with Crippen molar-refractivity contribution in [3.8, 4) is 5.75 Å². The molecule has 0 aliphatic carbocycles. The number of rotatable bonds is 4. The second-order valence-electron chi connectivity index (χ2n) is 4.64. The molecule has 0 atom stereocenters. The lowest BCUT2D eigenvalue weighted by Crippen LogP contribution is -2.15. The van der Waals surface area contributed by atoms with Crippen LogP contribution in [0.4, 0.5) is 5.69 Å². The third-order valence-corrected chi connectivity index (χ3v) is 3.78. The zero-order valence-corrected chi connectivity index (χ0v) is 14.1. The summed E-state index contributed by atoms with van der Waals surface area (Å²) in [5, 5.41) is 3.48. The van der Waals surface area contributed by atoms with Crippen LogP contribution in [-0.4, -0.2) is 13.0 Å². The largest absolute Gasteiger partial charge is 0.496 e. The Morgan fingerprint density at radius 3 is 2.71 bits per heavy atom. The number of amides is 1. The van der Waals surface area contributed by atoms with Crippen LogP contribution >= 0.6 is 27.5 Å². The SMILES string of the molecule is COc1ccc(Cl)cc1CC(=O)Nc1ccc(Br)cc1C. The van der Waals surface area contributed by atoms with Gasteiger partial charge in [-0.1, -0.05) is 27.5 Å². The van der Waals surface area contributed by atoms with Gasteiger partial charge >= 0.3 is 0 Å². The minimum Gasteiger partial charge on any atom is -0.496 e. The van der Waals surface area contributed by atoms with E-state index in [9.17, 15) is 4.79 Å². The molecule has 0 aliphatic rings. The smallest absolute Gasteiger partial charge is 0.228 e. The van der Waals surface area contributed by atoms with E-state index in [-0.39, 0.29) is 12.3 Å². The van der Waals surface area contributed by atoms with E-state index >= 15 is 0 Å². The van der Waals surface area contributed by atoms with E-state index in [1.54, 1.807) is 25.3 Å². The monoisotopic (exact) mass is 367 g/mol. The maximum Gasteiger partial charge on any atom is 0.228 e. The van der Waals surface area contributed by atoms with Crippen LogP contribution < -0.4 is 10.1 Å². The zero-order chi connectivity index (χ0) is 15.4. The molecule has 2 aromatic rings. The Morgan fingerprint density at radius 2 is 2.05 bits per heavy atom. The third-order valence-electron chi connectivity index (χ3n) is 3.06. The lowest BCUT2D eigenvalue weighted by atomic mass is 10.1. The van der Waals surface area contributed by atoms with Gasteiger partial charge in [-0.25, -0.2) is 0 Å². The van der Waals surface area contributed by atoms with Gasteiger partial charge in [-0.3, -0.25) is 4.79 Å². The average molecular weight is 369 g/mol. The summed E-state index contributed by atoms with van der Waals surface area (Å²) in [6.45, 7) is 1.94.